The second-order valence-electron chi connectivity index (χ2n) is 5.18. The van der Waals surface area contributed by atoms with Gasteiger partial charge >= 0.3 is 0 Å². The zero-order chi connectivity index (χ0) is 18.9. The number of nitrogens with zero attached hydrogens (tertiary/aromatic N) is 2. The van der Waals surface area contributed by atoms with Crippen LogP contribution in [0.5, 0.6) is 0 Å². The van der Waals surface area contributed by atoms with Crippen molar-refractivity contribution < 1.29 is 14.6 Å². The van der Waals surface area contributed by atoms with Crippen molar-refractivity contribution in [3.63, 3.8) is 0 Å². The molecule has 0 aliphatic heterocycles. The van der Waals surface area contributed by atoms with E-state index in [4.69, 9.17) is 0 Å². The highest BCUT2D eigenvalue weighted by molar-refractivity contribution is 5.91. The number of carbonyl (C=O) groups is 1. The van der Waals surface area contributed by atoms with Crippen LogP contribution in [0.3, 0.4) is 0 Å². The Morgan fingerprint density at radius 1 is 1.00 bits per heavy atom. The molecule has 2 rings (SSSR count). The van der Waals surface area contributed by atoms with Gasteiger partial charge in [-0.25, -0.2) is 0 Å². The maximum absolute atomic E-state index is 11.8. The molecule has 9 heteroatoms. The monoisotopic (exact) mass is 356 g/mol. The molecule has 0 heterocycles. The zero-order valence-electron chi connectivity index (χ0n) is 13.6. The third kappa shape index (κ3) is 5.41. The highest BCUT2D eigenvalue weighted by atomic mass is 16.6. The standard InChI is InChI=1S/C17H16N4O5/c22-17(9-8-13-4-3-5-14(12-13)20(23)24)19-11-10-18-15-6-1-2-7-16(15)21(25)26/h1-9,12,18H,10-11H2,(H,19,22)/b9-8+. The van der Waals surface area contributed by atoms with Gasteiger partial charge in [0.05, 0.1) is 9.85 Å². The number of benzene rings is 2. The van der Waals surface area contributed by atoms with Crippen LogP contribution < -0.4 is 10.6 Å². The normalized spacial score (nSPS) is 10.5. The van der Waals surface area contributed by atoms with Crippen LogP contribution >= 0.6 is 0 Å². The van der Waals surface area contributed by atoms with E-state index in [0.717, 1.165) is 0 Å². The smallest absolute Gasteiger partial charge is 0.292 e. The topological polar surface area (TPSA) is 127 Å². The second kappa shape index (κ2) is 8.92. The molecule has 134 valence electrons. The average Bonchev–Trinajstić information content (AvgIpc) is 2.64. The van der Waals surface area contributed by atoms with Crippen LogP contribution in [0.25, 0.3) is 6.08 Å². The fourth-order valence-electron chi connectivity index (χ4n) is 2.14. The number of carbonyl (C=O) groups excluding carboxylic acids is 1. The van der Waals surface area contributed by atoms with Crippen molar-refractivity contribution in [1.29, 1.82) is 0 Å². The summed E-state index contributed by atoms with van der Waals surface area (Å²) in [7, 11) is 0. The minimum atomic E-state index is -0.508. The van der Waals surface area contributed by atoms with Crippen LogP contribution in [0.2, 0.25) is 0 Å². The van der Waals surface area contributed by atoms with Crippen LogP contribution in [-0.2, 0) is 4.79 Å². The number of hydrogen-bond acceptors (Lipinski definition) is 6. The van der Waals surface area contributed by atoms with Crippen LogP contribution in [0, 0.1) is 20.2 Å². The first kappa shape index (κ1) is 18.6. The molecule has 0 aliphatic rings. The summed E-state index contributed by atoms with van der Waals surface area (Å²) < 4.78 is 0. The lowest BCUT2D eigenvalue weighted by molar-refractivity contribution is -0.384. The predicted molar refractivity (Wildman–Crippen MR) is 96.7 cm³/mol. The minimum absolute atomic E-state index is 0.0376. The molecule has 0 atom stereocenters. The van der Waals surface area contributed by atoms with Gasteiger partial charge in [0.2, 0.25) is 5.91 Å². The molecular weight excluding hydrogens is 340 g/mol. The molecule has 0 unspecified atom stereocenters. The van der Waals surface area contributed by atoms with Gasteiger partial charge in [0.25, 0.3) is 11.4 Å². The predicted octanol–water partition coefficient (Wildman–Crippen LogP) is 2.74. The summed E-state index contributed by atoms with van der Waals surface area (Å²) >= 11 is 0. The van der Waals surface area contributed by atoms with Crippen molar-refractivity contribution in [2.75, 3.05) is 18.4 Å². The molecule has 2 aromatic rings. The fraction of sp³-hybridized carbons (Fsp3) is 0.118. The molecular formula is C17H16N4O5. The number of hydrogen-bond donors (Lipinski definition) is 2. The lowest BCUT2D eigenvalue weighted by Gasteiger charge is -2.07. The summed E-state index contributed by atoms with van der Waals surface area (Å²) in [6.07, 6.45) is 2.74. The Kier molecular flexibility index (Phi) is 6.38. The Hall–Kier alpha value is -3.75. The van der Waals surface area contributed by atoms with Gasteiger partial charge in [-0.15, -0.1) is 0 Å². The number of non-ortho nitro benzene ring substituents is 1. The van der Waals surface area contributed by atoms with E-state index in [9.17, 15) is 25.0 Å². The molecule has 0 saturated carbocycles. The molecule has 2 N–H and O–H groups in total. The molecule has 0 spiro atoms. The van der Waals surface area contributed by atoms with E-state index in [1.807, 2.05) is 0 Å². The lowest BCUT2D eigenvalue weighted by Crippen LogP contribution is -2.27. The Bertz CT molecular complexity index is 851. The average molecular weight is 356 g/mol. The second-order valence-corrected chi connectivity index (χ2v) is 5.18. The highest BCUT2D eigenvalue weighted by Gasteiger charge is 2.11. The maximum atomic E-state index is 11.8. The van der Waals surface area contributed by atoms with Gasteiger partial charge in [-0.1, -0.05) is 24.3 Å². The van der Waals surface area contributed by atoms with Crippen LogP contribution in [0.15, 0.2) is 54.6 Å². The van der Waals surface area contributed by atoms with E-state index in [0.29, 0.717) is 17.8 Å². The summed E-state index contributed by atoms with van der Waals surface area (Å²) in [6, 6.07) is 12.1. The number of rotatable bonds is 8. The first-order valence-corrected chi connectivity index (χ1v) is 7.65. The Morgan fingerprint density at radius 3 is 2.50 bits per heavy atom. The molecule has 1 amide bonds. The van der Waals surface area contributed by atoms with E-state index < -0.39 is 9.85 Å². The summed E-state index contributed by atoms with van der Waals surface area (Å²) in [5.74, 6) is -0.374. The molecule has 0 fully saturated rings. The summed E-state index contributed by atoms with van der Waals surface area (Å²) in [5, 5.41) is 27.1. The lowest BCUT2D eigenvalue weighted by atomic mass is 10.2. The highest BCUT2D eigenvalue weighted by Crippen LogP contribution is 2.22. The Morgan fingerprint density at radius 2 is 1.77 bits per heavy atom. The van der Waals surface area contributed by atoms with Crippen LogP contribution in [0.1, 0.15) is 5.56 Å². The number of nitro benzene ring substituents is 2. The molecule has 9 nitrogen and oxygen atoms in total. The molecule has 0 saturated heterocycles. The first-order valence-electron chi connectivity index (χ1n) is 7.65. The van der Waals surface area contributed by atoms with Gasteiger partial charge in [-0.05, 0) is 17.7 Å². The van der Waals surface area contributed by atoms with Crippen molar-refractivity contribution in [2.24, 2.45) is 0 Å². The van der Waals surface area contributed by atoms with E-state index in [-0.39, 0.29) is 23.8 Å². The van der Waals surface area contributed by atoms with E-state index in [1.165, 1.54) is 36.4 Å². The van der Waals surface area contributed by atoms with Gasteiger partial charge in [0.15, 0.2) is 0 Å². The molecule has 0 radical (unpaired) electrons. The third-order valence-corrected chi connectivity index (χ3v) is 3.35. The minimum Gasteiger partial charge on any atom is -0.378 e. The maximum Gasteiger partial charge on any atom is 0.292 e. The number of nitrogens with one attached hydrogen (secondary N) is 2. The first-order chi connectivity index (χ1) is 12.5. The number of nitro groups is 2. The quantitative estimate of drug-likeness (QED) is 0.324. The summed E-state index contributed by atoms with van der Waals surface area (Å²) in [4.78, 5) is 32.4. The summed E-state index contributed by atoms with van der Waals surface area (Å²) in [6.45, 7) is 0.561. The van der Waals surface area contributed by atoms with Gasteiger partial charge in [-0.3, -0.25) is 25.0 Å². The molecule has 26 heavy (non-hydrogen) atoms. The number of amides is 1. The SMILES string of the molecule is O=C(/C=C/c1cccc([N+](=O)[O-])c1)NCCNc1ccccc1[N+](=O)[O-]. The number of anilines is 1. The van der Waals surface area contributed by atoms with E-state index in [2.05, 4.69) is 10.6 Å². The van der Waals surface area contributed by atoms with E-state index in [1.54, 1.807) is 24.3 Å². The fourth-order valence-corrected chi connectivity index (χ4v) is 2.14. The number of para-hydroxylation sites is 2. The summed E-state index contributed by atoms with van der Waals surface area (Å²) in [5.41, 5.74) is 0.817. The van der Waals surface area contributed by atoms with Crippen molar-refractivity contribution >= 4 is 29.0 Å². The van der Waals surface area contributed by atoms with Crippen molar-refractivity contribution in [3.05, 3.63) is 80.4 Å². The van der Waals surface area contributed by atoms with Crippen LogP contribution in [-0.4, -0.2) is 28.8 Å². The van der Waals surface area contributed by atoms with Gasteiger partial charge in [0, 0.05) is 37.4 Å². The largest absolute Gasteiger partial charge is 0.378 e. The Balaban J connectivity index is 1.82. The zero-order valence-corrected chi connectivity index (χ0v) is 13.6. The Labute approximate surface area is 148 Å². The van der Waals surface area contributed by atoms with Crippen molar-refractivity contribution in [1.82, 2.24) is 5.32 Å². The van der Waals surface area contributed by atoms with Gasteiger partial charge in [-0.2, -0.15) is 0 Å². The van der Waals surface area contributed by atoms with Gasteiger partial charge < -0.3 is 10.6 Å². The van der Waals surface area contributed by atoms with Gasteiger partial charge in [0.1, 0.15) is 5.69 Å². The molecule has 0 bridgehead atoms. The molecule has 0 aliphatic carbocycles. The van der Waals surface area contributed by atoms with E-state index >= 15 is 0 Å². The molecule has 2 aromatic carbocycles. The van der Waals surface area contributed by atoms with Crippen molar-refractivity contribution in [3.8, 4) is 0 Å². The molecule has 0 aromatic heterocycles. The third-order valence-electron chi connectivity index (χ3n) is 3.35. The van der Waals surface area contributed by atoms with Crippen LogP contribution in [0.4, 0.5) is 17.1 Å². The van der Waals surface area contributed by atoms with Crippen molar-refractivity contribution in [2.45, 2.75) is 0 Å².